The van der Waals surface area contributed by atoms with Crippen LogP contribution in [0.3, 0.4) is 0 Å². The van der Waals surface area contributed by atoms with E-state index < -0.39 is 5.41 Å². The van der Waals surface area contributed by atoms with Gasteiger partial charge >= 0.3 is 0 Å². The van der Waals surface area contributed by atoms with Gasteiger partial charge < -0.3 is 4.90 Å². The molecule has 0 saturated carbocycles. The average Bonchev–Trinajstić information content (AvgIpc) is 3.70. The number of hydrogen-bond donors (Lipinski definition) is 0. The molecule has 0 aromatic heterocycles. The van der Waals surface area contributed by atoms with E-state index >= 15 is 0 Å². The molecule has 1 spiro atoms. The molecule has 280 valence electrons. The van der Waals surface area contributed by atoms with E-state index in [1.807, 2.05) is 0 Å². The van der Waals surface area contributed by atoms with Crippen molar-refractivity contribution in [3.05, 3.63) is 196 Å². The second kappa shape index (κ2) is 12.4. The average molecular weight is 738 g/mol. The number of para-hydroxylation sites is 1. The number of aryl methyl sites for hydroxylation is 3. The Morgan fingerprint density at radius 3 is 1.60 bits per heavy atom. The number of hydrogen-bond acceptors (Lipinski definition) is 1. The monoisotopic (exact) mass is 737 g/mol. The predicted molar refractivity (Wildman–Crippen MR) is 240 cm³/mol. The highest BCUT2D eigenvalue weighted by Crippen LogP contribution is 2.64. The van der Waals surface area contributed by atoms with Gasteiger partial charge in [-0.25, -0.2) is 0 Å². The van der Waals surface area contributed by atoms with Crippen molar-refractivity contribution in [3.63, 3.8) is 0 Å². The molecule has 57 heavy (non-hydrogen) atoms. The molecule has 4 aliphatic carbocycles. The van der Waals surface area contributed by atoms with Gasteiger partial charge in [0.05, 0.1) is 11.1 Å². The van der Waals surface area contributed by atoms with Gasteiger partial charge in [-0.3, -0.25) is 0 Å². The first-order valence-electron chi connectivity index (χ1n) is 21.3. The highest BCUT2D eigenvalue weighted by atomic mass is 15.1. The Labute approximate surface area is 339 Å². The van der Waals surface area contributed by atoms with Crippen LogP contribution in [0.1, 0.15) is 103 Å². The summed E-state index contributed by atoms with van der Waals surface area (Å²) in [5.74, 6) is 0. The molecule has 0 radical (unpaired) electrons. The van der Waals surface area contributed by atoms with E-state index in [0.29, 0.717) is 0 Å². The zero-order chi connectivity index (χ0) is 38.7. The standard InChI is InChI=1S/C56H51N/c1-36-31-37-17-9-10-18-38(37)33-52(36)57(40-19-7-6-8-20-40)53-35-50-45(34-44(53)39-27-28-49-51(32-39)55(4,5)30-29-54(49,2)3)43-23-13-16-26-48(43)56(50)46-24-14-11-21-41(46)42-22-12-15-25-47(42)56/h6-8,11-16,19-28,31-35H,9-10,17-18,29-30H2,1-5H3. The summed E-state index contributed by atoms with van der Waals surface area (Å²) in [6.45, 7) is 12.1. The minimum Gasteiger partial charge on any atom is -0.310 e. The molecule has 1 nitrogen and oxygen atoms in total. The molecule has 0 saturated heterocycles. The first kappa shape index (κ1) is 34.6. The number of anilines is 3. The van der Waals surface area contributed by atoms with Gasteiger partial charge in [0.2, 0.25) is 0 Å². The second-order valence-corrected chi connectivity index (χ2v) is 18.6. The van der Waals surface area contributed by atoms with Gasteiger partial charge in [0.25, 0.3) is 0 Å². The molecule has 0 atom stereocenters. The molecule has 1 heteroatoms. The zero-order valence-electron chi connectivity index (χ0n) is 34.0. The Hall–Kier alpha value is -5.66. The Balaban J connectivity index is 1.27. The normalized spacial score (nSPS) is 17.2. The van der Waals surface area contributed by atoms with Crippen LogP contribution in [0.5, 0.6) is 0 Å². The zero-order valence-corrected chi connectivity index (χ0v) is 34.0. The summed E-state index contributed by atoms with van der Waals surface area (Å²) in [4.78, 5) is 2.61. The summed E-state index contributed by atoms with van der Waals surface area (Å²) in [5, 5.41) is 0. The van der Waals surface area contributed by atoms with E-state index in [4.69, 9.17) is 0 Å². The number of fused-ring (bicyclic) bond motifs is 12. The smallest absolute Gasteiger partial charge is 0.0726 e. The van der Waals surface area contributed by atoms with Crippen LogP contribution < -0.4 is 4.90 Å². The van der Waals surface area contributed by atoms with E-state index in [-0.39, 0.29) is 10.8 Å². The first-order chi connectivity index (χ1) is 27.7. The fourth-order valence-corrected chi connectivity index (χ4v) is 11.4. The van der Waals surface area contributed by atoms with Crippen LogP contribution in [0.4, 0.5) is 17.1 Å². The van der Waals surface area contributed by atoms with Gasteiger partial charge in [-0.15, -0.1) is 0 Å². The third kappa shape index (κ3) is 4.94. The molecule has 0 aliphatic heterocycles. The van der Waals surface area contributed by atoms with Crippen LogP contribution in [-0.4, -0.2) is 0 Å². The van der Waals surface area contributed by atoms with Gasteiger partial charge in [0, 0.05) is 16.9 Å². The van der Waals surface area contributed by atoms with Crippen molar-refractivity contribution in [2.75, 3.05) is 4.90 Å². The number of rotatable bonds is 4. The summed E-state index contributed by atoms with van der Waals surface area (Å²) in [5.41, 5.74) is 24.3. The van der Waals surface area contributed by atoms with Crippen LogP contribution in [0.15, 0.2) is 146 Å². The third-order valence-electron chi connectivity index (χ3n) is 14.4. The van der Waals surface area contributed by atoms with E-state index in [1.165, 1.54) is 133 Å². The lowest BCUT2D eigenvalue weighted by molar-refractivity contribution is 0.332. The van der Waals surface area contributed by atoms with Gasteiger partial charge in [-0.1, -0.05) is 143 Å². The molecule has 11 rings (SSSR count). The maximum absolute atomic E-state index is 2.62. The predicted octanol–water partition coefficient (Wildman–Crippen LogP) is 14.7. The molecule has 0 fully saturated rings. The van der Waals surface area contributed by atoms with Gasteiger partial charge in [0.15, 0.2) is 0 Å². The van der Waals surface area contributed by atoms with Crippen molar-refractivity contribution in [1.82, 2.24) is 0 Å². The molecule has 0 heterocycles. The van der Waals surface area contributed by atoms with Gasteiger partial charge in [-0.05, 0) is 164 Å². The SMILES string of the molecule is Cc1cc2c(cc1N(c1ccccc1)c1cc3c(cc1-c1ccc4c(c1)C(C)(C)CCC4(C)C)-c1ccccc1C31c3ccccc3-c3ccccc31)CCCC2. The summed E-state index contributed by atoms with van der Waals surface area (Å²) in [6, 6.07) is 56.5. The topological polar surface area (TPSA) is 3.24 Å². The van der Waals surface area contributed by atoms with Crippen LogP contribution in [0.2, 0.25) is 0 Å². The van der Waals surface area contributed by atoms with Crippen LogP contribution in [0, 0.1) is 6.92 Å². The van der Waals surface area contributed by atoms with Crippen LogP contribution >= 0.6 is 0 Å². The fourth-order valence-electron chi connectivity index (χ4n) is 11.4. The first-order valence-corrected chi connectivity index (χ1v) is 21.3. The largest absolute Gasteiger partial charge is 0.310 e. The summed E-state index contributed by atoms with van der Waals surface area (Å²) >= 11 is 0. The third-order valence-corrected chi connectivity index (χ3v) is 14.4. The molecule has 0 N–H and O–H groups in total. The molecule has 0 unspecified atom stereocenters. The number of benzene rings is 7. The molecule has 7 aromatic rings. The molecule has 4 aliphatic rings. The Bertz CT molecular complexity index is 2720. The highest BCUT2D eigenvalue weighted by molar-refractivity contribution is 6.00. The molecule has 0 amide bonds. The van der Waals surface area contributed by atoms with Crippen molar-refractivity contribution in [1.29, 1.82) is 0 Å². The van der Waals surface area contributed by atoms with Crippen LogP contribution in [0.25, 0.3) is 33.4 Å². The quantitative estimate of drug-likeness (QED) is 0.174. The lowest BCUT2D eigenvalue weighted by Gasteiger charge is -2.42. The minimum atomic E-state index is -0.429. The van der Waals surface area contributed by atoms with E-state index in [1.54, 1.807) is 0 Å². The van der Waals surface area contributed by atoms with Crippen molar-refractivity contribution in [2.24, 2.45) is 0 Å². The van der Waals surface area contributed by atoms with E-state index in [2.05, 4.69) is 185 Å². The van der Waals surface area contributed by atoms with E-state index in [9.17, 15) is 0 Å². The van der Waals surface area contributed by atoms with Crippen molar-refractivity contribution in [2.45, 2.75) is 89.4 Å². The maximum atomic E-state index is 2.62. The Morgan fingerprint density at radius 2 is 0.965 bits per heavy atom. The second-order valence-electron chi connectivity index (χ2n) is 18.6. The van der Waals surface area contributed by atoms with Crippen LogP contribution in [-0.2, 0) is 29.1 Å². The van der Waals surface area contributed by atoms with Gasteiger partial charge in [0.1, 0.15) is 0 Å². The van der Waals surface area contributed by atoms with Gasteiger partial charge in [-0.2, -0.15) is 0 Å². The van der Waals surface area contributed by atoms with Crippen molar-refractivity contribution < 1.29 is 0 Å². The summed E-state index contributed by atoms with van der Waals surface area (Å²) < 4.78 is 0. The molecule has 0 bridgehead atoms. The maximum Gasteiger partial charge on any atom is 0.0726 e. The lowest BCUT2D eigenvalue weighted by atomic mass is 9.63. The van der Waals surface area contributed by atoms with E-state index in [0.717, 1.165) is 6.42 Å². The Kier molecular flexibility index (Phi) is 7.53. The molecular formula is C56H51N. The van der Waals surface area contributed by atoms with Crippen molar-refractivity contribution in [3.8, 4) is 33.4 Å². The highest BCUT2D eigenvalue weighted by Gasteiger charge is 2.52. The summed E-state index contributed by atoms with van der Waals surface area (Å²) in [7, 11) is 0. The molecule has 7 aromatic carbocycles. The Morgan fingerprint density at radius 1 is 0.421 bits per heavy atom. The fraction of sp³-hybridized carbons (Fsp3) is 0.250. The lowest BCUT2D eigenvalue weighted by Crippen LogP contribution is -2.33. The minimum absolute atomic E-state index is 0.0971. The molecular weight excluding hydrogens is 687 g/mol. The number of nitrogens with zero attached hydrogens (tertiary/aromatic N) is 1. The summed E-state index contributed by atoms with van der Waals surface area (Å²) in [6.07, 6.45) is 7.24. The van der Waals surface area contributed by atoms with Crippen molar-refractivity contribution >= 4 is 17.1 Å².